The lowest BCUT2D eigenvalue weighted by Crippen LogP contribution is -2.22. The van der Waals surface area contributed by atoms with E-state index in [4.69, 9.17) is 14.8 Å². The molecule has 0 fully saturated rings. The van der Waals surface area contributed by atoms with Crippen molar-refractivity contribution in [3.05, 3.63) is 72.3 Å². The Morgan fingerprint density at radius 2 is 1.69 bits per heavy atom. The highest BCUT2D eigenvalue weighted by molar-refractivity contribution is 6.09. The summed E-state index contributed by atoms with van der Waals surface area (Å²) in [7, 11) is 0. The van der Waals surface area contributed by atoms with Crippen LogP contribution in [-0.2, 0) is 4.79 Å². The van der Waals surface area contributed by atoms with Crippen LogP contribution in [-0.4, -0.2) is 22.2 Å². The molecule has 0 aliphatic heterocycles. The van der Waals surface area contributed by atoms with Crippen LogP contribution in [0.25, 0.3) is 21.8 Å². The van der Waals surface area contributed by atoms with Crippen molar-refractivity contribution in [1.82, 2.24) is 4.98 Å². The predicted molar refractivity (Wildman–Crippen MR) is 119 cm³/mol. The normalized spacial score (nSPS) is 11.7. The molecule has 4 rings (SSSR count). The molecule has 0 radical (unpaired) electrons. The van der Waals surface area contributed by atoms with E-state index in [1.807, 2.05) is 36.4 Å². The zero-order valence-electron chi connectivity index (χ0n) is 16.0. The van der Waals surface area contributed by atoms with Crippen molar-refractivity contribution in [3.8, 4) is 5.75 Å². The highest BCUT2D eigenvalue weighted by Crippen LogP contribution is 2.34. The van der Waals surface area contributed by atoms with Gasteiger partial charge in [0.2, 0.25) is 0 Å². The van der Waals surface area contributed by atoms with E-state index in [9.17, 15) is 4.79 Å². The van der Waals surface area contributed by atoms with Crippen molar-refractivity contribution >= 4 is 51.6 Å². The number of aliphatic carboxylic acids is 1. The molecule has 0 spiro atoms. The molecule has 0 aliphatic carbocycles. The smallest absolute Gasteiger partial charge is 0.344 e. The van der Waals surface area contributed by atoms with Gasteiger partial charge in [-0.25, -0.2) is 9.78 Å². The lowest BCUT2D eigenvalue weighted by atomic mass is 10.0. The van der Waals surface area contributed by atoms with E-state index in [-0.39, 0.29) is 12.4 Å². The van der Waals surface area contributed by atoms with Gasteiger partial charge in [-0.05, 0) is 49.7 Å². The zero-order valence-corrected chi connectivity index (χ0v) is 16.9. The summed E-state index contributed by atoms with van der Waals surface area (Å²) in [5.41, 5.74) is 4.91. The fraction of sp³-hybridized carbons (Fsp3) is 0.130. The molecule has 5 nitrogen and oxygen atoms in total. The van der Waals surface area contributed by atoms with E-state index in [0.29, 0.717) is 5.75 Å². The van der Waals surface area contributed by atoms with Crippen LogP contribution in [0.5, 0.6) is 5.75 Å². The van der Waals surface area contributed by atoms with E-state index >= 15 is 0 Å². The Morgan fingerprint density at radius 1 is 1.00 bits per heavy atom. The Labute approximate surface area is 174 Å². The van der Waals surface area contributed by atoms with Gasteiger partial charge in [-0.15, -0.1) is 12.4 Å². The number of hydrogen-bond donors (Lipinski definition) is 2. The number of nitrogens with one attached hydrogen (secondary N) is 1. The Balaban J connectivity index is 0.00000240. The first-order valence-corrected chi connectivity index (χ1v) is 9.07. The van der Waals surface area contributed by atoms with Gasteiger partial charge in [0, 0.05) is 16.5 Å². The van der Waals surface area contributed by atoms with Gasteiger partial charge in [-0.1, -0.05) is 36.4 Å². The largest absolute Gasteiger partial charge is 0.479 e. The van der Waals surface area contributed by atoms with Crippen LogP contribution >= 0.6 is 12.4 Å². The van der Waals surface area contributed by atoms with E-state index in [1.54, 1.807) is 12.1 Å². The molecule has 0 saturated heterocycles. The summed E-state index contributed by atoms with van der Waals surface area (Å²) in [6.45, 7) is 3.57. The standard InChI is InChI=1S/C23H20N2O3.ClH/c1-14-6-5-8-19-21(14)25-20-9-4-3-7-18(20)22(19)24-16-10-12-17(13-11-16)28-15(2)23(26)27;/h3-13,15H,1-2H3,(H,24,25)(H,26,27);1H. The zero-order chi connectivity index (χ0) is 19.7. The number of halogens is 1. The number of ether oxygens (including phenoxy) is 1. The average Bonchev–Trinajstić information content (AvgIpc) is 2.70. The molecule has 6 heteroatoms. The number of carbonyl (C=O) groups is 1. The summed E-state index contributed by atoms with van der Waals surface area (Å²) in [4.78, 5) is 15.8. The number of anilines is 2. The van der Waals surface area contributed by atoms with E-state index < -0.39 is 12.1 Å². The predicted octanol–water partition coefficient (Wildman–Crippen LogP) is 5.71. The van der Waals surface area contributed by atoms with Gasteiger partial charge >= 0.3 is 5.97 Å². The van der Waals surface area contributed by atoms with Gasteiger partial charge in [0.1, 0.15) is 5.75 Å². The quantitative estimate of drug-likeness (QED) is 0.413. The fourth-order valence-electron chi connectivity index (χ4n) is 3.21. The number of carboxylic acid groups (broad SMARTS) is 1. The van der Waals surface area contributed by atoms with Crippen molar-refractivity contribution < 1.29 is 14.6 Å². The van der Waals surface area contributed by atoms with E-state index in [1.165, 1.54) is 6.92 Å². The molecule has 29 heavy (non-hydrogen) atoms. The number of aromatic nitrogens is 1. The first kappa shape index (κ1) is 20.4. The number of rotatable bonds is 5. The molecule has 0 bridgehead atoms. The minimum Gasteiger partial charge on any atom is -0.479 e. The van der Waals surface area contributed by atoms with Crippen LogP contribution in [0.1, 0.15) is 12.5 Å². The molecule has 2 N–H and O–H groups in total. The third-order valence-electron chi connectivity index (χ3n) is 4.70. The number of nitrogens with zero attached hydrogens (tertiary/aromatic N) is 1. The minimum absolute atomic E-state index is 0. The Hall–Kier alpha value is -3.31. The van der Waals surface area contributed by atoms with Crippen molar-refractivity contribution in [2.45, 2.75) is 20.0 Å². The van der Waals surface area contributed by atoms with Crippen molar-refractivity contribution in [2.75, 3.05) is 5.32 Å². The number of para-hydroxylation sites is 2. The second-order valence-electron chi connectivity index (χ2n) is 6.72. The third-order valence-corrected chi connectivity index (χ3v) is 4.70. The number of benzene rings is 3. The summed E-state index contributed by atoms with van der Waals surface area (Å²) < 4.78 is 5.40. The monoisotopic (exact) mass is 408 g/mol. The first-order chi connectivity index (χ1) is 13.5. The molecule has 1 heterocycles. The van der Waals surface area contributed by atoms with Gasteiger partial charge in [0.05, 0.1) is 16.7 Å². The van der Waals surface area contributed by atoms with Crippen molar-refractivity contribution in [2.24, 2.45) is 0 Å². The maximum Gasteiger partial charge on any atom is 0.344 e. The SMILES string of the molecule is Cc1cccc2c(Nc3ccc(OC(C)C(=O)O)cc3)c3ccccc3nc12.Cl. The maximum absolute atomic E-state index is 10.9. The molecular weight excluding hydrogens is 388 g/mol. The molecule has 1 aromatic heterocycles. The van der Waals surface area contributed by atoms with Crippen LogP contribution in [0.4, 0.5) is 11.4 Å². The minimum atomic E-state index is -0.993. The lowest BCUT2D eigenvalue weighted by Gasteiger charge is -2.15. The van der Waals surface area contributed by atoms with Gasteiger partial charge in [-0.3, -0.25) is 0 Å². The summed E-state index contributed by atoms with van der Waals surface area (Å²) in [6.07, 6.45) is -0.894. The summed E-state index contributed by atoms with van der Waals surface area (Å²) in [6, 6.07) is 21.5. The van der Waals surface area contributed by atoms with Crippen LogP contribution in [0.15, 0.2) is 66.7 Å². The molecule has 1 unspecified atom stereocenters. The van der Waals surface area contributed by atoms with E-state index in [2.05, 4.69) is 30.4 Å². The Bertz CT molecular complexity index is 1180. The topological polar surface area (TPSA) is 71.5 Å². The second-order valence-corrected chi connectivity index (χ2v) is 6.72. The van der Waals surface area contributed by atoms with Gasteiger partial charge < -0.3 is 15.2 Å². The summed E-state index contributed by atoms with van der Waals surface area (Å²) in [5.74, 6) is -0.479. The molecule has 3 aromatic carbocycles. The number of carboxylic acids is 1. The average molecular weight is 409 g/mol. The Morgan fingerprint density at radius 3 is 2.41 bits per heavy atom. The number of hydrogen-bond acceptors (Lipinski definition) is 4. The summed E-state index contributed by atoms with van der Waals surface area (Å²) >= 11 is 0. The van der Waals surface area contributed by atoms with Gasteiger partial charge in [0.15, 0.2) is 6.10 Å². The van der Waals surface area contributed by atoms with Crippen LogP contribution in [0.2, 0.25) is 0 Å². The van der Waals surface area contributed by atoms with Crippen LogP contribution < -0.4 is 10.1 Å². The van der Waals surface area contributed by atoms with E-state index in [0.717, 1.165) is 38.7 Å². The number of fused-ring (bicyclic) bond motifs is 2. The molecule has 148 valence electrons. The van der Waals surface area contributed by atoms with Crippen LogP contribution in [0, 0.1) is 6.92 Å². The lowest BCUT2D eigenvalue weighted by molar-refractivity contribution is -0.144. The van der Waals surface area contributed by atoms with Crippen LogP contribution in [0.3, 0.4) is 0 Å². The molecule has 0 aliphatic rings. The second kappa shape index (κ2) is 8.37. The molecule has 0 saturated carbocycles. The third kappa shape index (κ3) is 4.10. The molecular formula is C23H21ClN2O3. The van der Waals surface area contributed by atoms with Gasteiger partial charge in [-0.2, -0.15) is 0 Å². The summed E-state index contributed by atoms with van der Waals surface area (Å²) in [5, 5.41) is 14.6. The van der Waals surface area contributed by atoms with Crippen molar-refractivity contribution in [3.63, 3.8) is 0 Å². The maximum atomic E-state index is 10.9. The number of aryl methyl sites for hydroxylation is 1. The molecule has 0 amide bonds. The highest BCUT2D eigenvalue weighted by atomic mass is 35.5. The fourth-order valence-corrected chi connectivity index (χ4v) is 3.21. The number of pyridine rings is 1. The highest BCUT2D eigenvalue weighted by Gasteiger charge is 2.13. The Kier molecular flexibility index (Phi) is 5.89. The first-order valence-electron chi connectivity index (χ1n) is 9.07. The molecule has 4 aromatic rings. The van der Waals surface area contributed by atoms with Crippen molar-refractivity contribution in [1.29, 1.82) is 0 Å². The van der Waals surface area contributed by atoms with Gasteiger partial charge in [0.25, 0.3) is 0 Å². The molecule has 1 atom stereocenters.